The highest BCUT2D eigenvalue weighted by molar-refractivity contribution is 5.96. The Kier molecular flexibility index (Phi) is 7.59. The van der Waals surface area contributed by atoms with Crippen LogP contribution in [0.3, 0.4) is 0 Å². The number of likely N-dealkylation sites (tertiary alicyclic amines) is 1. The van der Waals surface area contributed by atoms with Crippen LogP contribution in [0, 0.1) is 11.8 Å². The molecule has 0 aromatic heterocycles. The molecule has 1 N–H and O–H groups in total. The molecule has 32 heavy (non-hydrogen) atoms. The largest absolute Gasteiger partial charge is 0.481 e. The number of para-hydroxylation sites is 1. The minimum absolute atomic E-state index is 0.0145. The van der Waals surface area contributed by atoms with Crippen LogP contribution in [-0.2, 0) is 16.0 Å². The number of hydrogen-bond donors (Lipinski definition) is 1. The van der Waals surface area contributed by atoms with Gasteiger partial charge in [0, 0.05) is 43.7 Å². The maximum absolute atomic E-state index is 13.5. The van der Waals surface area contributed by atoms with E-state index in [-0.39, 0.29) is 24.3 Å². The Balaban J connectivity index is 1.44. The minimum Gasteiger partial charge on any atom is -0.481 e. The molecular formula is C27H34N2O3. The Morgan fingerprint density at radius 2 is 1.72 bits per heavy atom. The van der Waals surface area contributed by atoms with Crippen LogP contribution >= 0.6 is 0 Å². The van der Waals surface area contributed by atoms with E-state index < -0.39 is 5.97 Å². The lowest BCUT2D eigenvalue weighted by atomic mass is 9.76. The Hall–Kier alpha value is -2.66. The molecule has 2 fully saturated rings. The average molecular weight is 435 g/mol. The number of amides is 1. The smallest absolute Gasteiger partial charge is 0.303 e. The number of unbranched alkanes of at least 4 members (excludes halogenated alkanes) is 1. The van der Waals surface area contributed by atoms with E-state index in [1.54, 1.807) is 0 Å². The fraction of sp³-hybridized carbons (Fsp3) is 0.481. The first-order valence-electron chi connectivity index (χ1n) is 12.0. The highest BCUT2D eigenvalue weighted by Gasteiger charge is 2.44. The van der Waals surface area contributed by atoms with Gasteiger partial charge in [0.1, 0.15) is 0 Å². The van der Waals surface area contributed by atoms with E-state index in [4.69, 9.17) is 5.11 Å². The number of hydrogen-bond acceptors (Lipinski definition) is 3. The summed E-state index contributed by atoms with van der Waals surface area (Å²) in [5.41, 5.74) is 2.37. The van der Waals surface area contributed by atoms with Crippen molar-refractivity contribution >= 4 is 17.6 Å². The number of anilines is 1. The monoisotopic (exact) mass is 434 g/mol. The van der Waals surface area contributed by atoms with Gasteiger partial charge in [-0.1, -0.05) is 55.0 Å². The number of carboxylic acids is 1. The van der Waals surface area contributed by atoms with Crippen molar-refractivity contribution in [2.75, 3.05) is 24.5 Å². The van der Waals surface area contributed by atoms with Gasteiger partial charge in [-0.15, -0.1) is 0 Å². The van der Waals surface area contributed by atoms with Crippen LogP contribution in [0.25, 0.3) is 0 Å². The molecule has 0 saturated carbocycles. The molecule has 2 aliphatic heterocycles. The van der Waals surface area contributed by atoms with Gasteiger partial charge in [-0.3, -0.25) is 9.59 Å². The second-order valence-electron chi connectivity index (χ2n) is 9.27. The Morgan fingerprint density at radius 3 is 2.44 bits per heavy atom. The molecule has 5 heteroatoms. The van der Waals surface area contributed by atoms with Crippen molar-refractivity contribution in [3.05, 3.63) is 66.2 Å². The summed E-state index contributed by atoms with van der Waals surface area (Å²) in [6.45, 7) is 3.10. The molecule has 2 aliphatic rings. The highest BCUT2D eigenvalue weighted by atomic mass is 16.4. The maximum Gasteiger partial charge on any atom is 0.303 e. The summed E-state index contributed by atoms with van der Waals surface area (Å²) in [5.74, 6) is -0.0842. The molecule has 0 spiro atoms. The molecule has 170 valence electrons. The van der Waals surface area contributed by atoms with E-state index >= 15 is 0 Å². The minimum atomic E-state index is -0.757. The van der Waals surface area contributed by atoms with Crippen molar-refractivity contribution in [3.63, 3.8) is 0 Å². The van der Waals surface area contributed by atoms with Crippen LogP contribution in [0.15, 0.2) is 60.7 Å². The second kappa shape index (κ2) is 10.8. The molecule has 1 amide bonds. The summed E-state index contributed by atoms with van der Waals surface area (Å²) >= 11 is 0. The number of nitrogens with zero attached hydrogens (tertiary/aromatic N) is 2. The summed E-state index contributed by atoms with van der Waals surface area (Å²) in [6.07, 6.45) is 5.37. The molecule has 0 aliphatic carbocycles. The number of benzene rings is 2. The van der Waals surface area contributed by atoms with Crippen molar-refractivity contribution < 1.29 is 14.7 Å². The van der Waals surface area contributed by atoms with Gasteiger partial charge in [-0.05, 0) is 55.7 Å². The predicted octanol–water partition coefficient (Wildman–Crippen LogP) is 4.62. The van der Waals surface area contributed by atoms with Crippen LogP contribution in [-0.4, -0.2) is 47.6 Å². The topological polar surface area (TPSA) is 60.9 Å². The summed E-state index contributed by atoms with van der Waals surface area (Å²) in [6, 6.07) is 21.0. The van der Waals surface area contributed by atoms with E-state index in [0.717, 1.165) is 57.4 Å². The standard InChI is InChI=1S/C27H34N2O3/c30-26(31)14-8-7-11-22-19-23-20-28(17-15-21-9-3-1-4-10-21)18-16-25(23)29(27(22)32)24-12-5-2-6-13-24/h1-6,9-10,12-13,22-23,25H,7-8,11,14-20H2,(H,30,31). The zero-order valence-corrected chi connectivity index (χ0v) is 18.7. The lowest BCUT2D eigenvalue weighted by Crippen LogP contribution is -2.59. The number of carbonyl (C=O) groups excluding carboxylic acids is 1. The zero-order chi connectivity index (χ0) is 22.3. The number of piperidine rings is 2. The molecular weight excluding hydrogens is 400 g/mol. The summed E-state index contributed by atoms with van der Waals surface area (Å²) in [5, 5.41) is 8.93. The van der Waals surface area contributed by atoms with E-state index in [9.17, 15) is 9.59 Å². The van der Waals surface area contributed by atoms with E-state index in [1.807, 2.05) is 30.3 Å². The zero-order valence-electron chi connectivity index (χ0n) is 18.7. The Labute approximate surface area is 191 Å². The number of carbonyl (C=O) groups is 2. The molecule has 0 bridgehead atoms. The van der Waals surface area contributed by atoms with Gasteiger partial charge < -0.3 is 14.9 Å². The van der Waals surface area contributed by atoms with Gasteiger partial charge in [0.25, 0.3) is 0 Å². The van der Waals surface area contributed by atoms with Crippen LogP contribution in [0.5, 0.6) is 0 Å². The van der Waals surface area contributed by atoms with E-state index in [0.29, 0.717) is 12.3 Å². The highest BCUT2D eigenvalue weighted by Crippen LogP contribution is 2.39. The lowest BCUT2D eigenvalue weighted by Gasteiger charge is -2.49. The molecule has 2 heterocycles. The van der Waals surface area contributed by atoms with Crippen LogP contribution in [0.1, 0.15) is 44.1 Å². The van der Waals surface area contributed by atoms with Crippen molar-refractivity contribution in [2.45, 2.75) is 51.0 Å². The second-order valence-corrected chi connectivity index (χ2v) is 9.27. The van der Waals surface area contributed by atoms with Gasteiger partial charge in [0.2, 0.25) is 5.91 Å². The third-order valence-corrected chi connectivity index (χ3v) is 7.07. The fourth-order valence-electron chi connectivity index (χ4n) is 5.44. The first-order valence-corrected chi connectivity index (χ1v) is 12.0. The van der Waals surface area contributed by atoms with Crippen LogP contribution < -0.4 is 4.90 Å². The molecule has 2 aromatic rings. The van der Waals surface area contributed by atoms with Gasteiger partial charge in [-0.25, -0.2) is 0 Å². The van der Waals surface area contributed by atoms with Crippen LogP contribution in [0.4, 0.5) is 5.69 Å². The van der Waals surface area contributed by atoms with E-state index in [1.165, 1.54) is 5.56 Å². The molecule has 4 rings (SSSR count). The van der Waals surface area contributed by atoms with Crippen molar-refractivity contribution in [3.8, 4) is 0 Å². The van der Waals surface area contributed by atoms with Crippen molar-refractivity contribution in [1.29, 1.82) is 0 Å². The molecule has 3 unspecified atom stereocenters. The summed E-state index contributed by atoms with van der Waals surface area (Å²) < 4.78 is 0. The SMILES string of the molecule is O=C(O)CCCCC1CC2CN(CCc3ccccc3)CCC2N(c2ccccc2)C1=O. The van der Waals surface area contributed by atoms with Gasteiger partial charge in [0.15, 0.2) is 0 Å². The van der Waals surface area contributed by atoms with Crippen LogP contribution in [0.2, 0.25) is 0 Å². The fourth-order valence-corrected chi connectivity index (χ4v) is 5.44. The maximum atomic E-state index is 13.5. The Morgan fingerprint density at radius 1 is 1.00 bits per heavy atom. The Bertz CT molecular complexity index is 886. The number of aliphatic carboxylic acids is 1. The molecule has 0 radical (unpaired) electrons. The number of carboxylic acid groups (broad SMARTS) is 1. The normalized spacial score (nSPS) is 23.7. The quantitative estimate of drug-likeness (QED) is 0.585. The van der Waals surface area contributed by atoms with E-state index in [2.05, 4.69) is 40.1 Å². The summed E-state index contributed by atoms with van der Waals surface area (Å²) in [7, 11) is 0. The number of fused-ring (bicyclic) bond motifs is 1. The molecule has 2 aromatic carbocycles. The molecule has 3 atom stereocenters. The van der Waals surface area contributed by atoms with Gasteiger partial charge >= 0.3 is 5.97 Å². The molecule has 2 saturated heterocycles. The lowest BCUT2D eigenvalue weighted by molar-refractivity contribution is -0.137. The van der Waals surface area contributed by atoms with Gasteiger partial charge in [0.05, 0.1) is 0 Å². The van der Waals surface area contributed by atoms with Gasteiger partial charge in [-0.2, -0.15) is 0 Å². The third-order valence-electron chi connectivity index (χ3n) is 7.07. The molecule has 5 nitrogen and oxygen atoms in total. The predicted molar refractivity (Wildman–Crippen MR) is 127 cm³/mol. The third kappa shape index (κ3) is 5.57. The average Bonchev–Trinajstić information content (AvgIpc) is 2.82. The summed E-state index contributed by atoms with van der Waals surface area (Å²) in [4.78, 5) is 29.0. The number of rotatable bonds is 9. The first-order chi connectivity index (χ1) is 15.6. The van der Waals surface area contributed by atoms with Crippen molar-refractivity contribution in [2.24, 2.45) is 11.8 Å². The first kappa shape index (κ1) is 22.5. The van der Waals surface area contributed by atoms with Crippen molar-refractivity contribution in [1.82, 2.24) is 4.90 Å².